The molecule has 98 valence electrons. The lowest BCUT2D eigenvalue weighted by Gasteiger charge is -2.06. The number of nitrogens with two attached hydrogens (primary N) is 1. The largest absolute Gasteiger partial charge is 0.492 e. The summed E-state index contributed by atoms with van der Waals surface area (Å²) in [6.45, 7) is 2.82. The zero-order valence-corrected chi connectivity index (χ0v) is 10.7. The van der Waals surface area contributed by atoms with E-state index in [0.29, 0.717) is 24.7 Å². The average molecular weight is 273 g/mol. The van der Waals surface area contributed by atoms with Crippen LogP contribution in [0.1, 0.15) is 5.69 Å². The third-order valence-electron chi connectivity index (χ3n) is 2.40. The van der Waals surface area contributed by atoms with Crippen LogP contribution < -0.4 is 10.5 Å². The quantitative estimate of drug-likeness (QED) is 0.922. The van der Waals surface area contributed by atoms with Gasteiger partial charge in [-0.1, -0.05) is 5.21 Å². The molecule has 0 unspecified atom stereocenters. The normalized spacial score (nSPS) is 9.89. The van der Waals surface area contributed by atoms with Crippen molar-refractivity contribution in [3.05, 3.63) is 35.8 Å². The number of anilines is 1. The lowest BCUT2D eigenvalue weighted by Crippen LogP contribution is -2.11. The molecule has 18 heavy (non-hydrogen) atoms. The van der Waals surface area contributed by atoms with Crippen molar-refractivity contribution in [2.45, 2.75) is 13.5 Å². The van der Waals surface area contributed by atoms with Crippen LogP contribution >= 0.6 is 12.4 Å². The van der Waals surface area contributed by atoms with Crippen molar-refractivity contribution in [1.29, 1.82) is 0 Å². The molecule has 0 atom stereocenters. The van der Waals surface area contributed by atoms with Crippen LogP contribution in [0.4, 0.5) is 10.2 Å². The van der Waals surface area contributed by atoms with Gasteiger partial charge >= 0.3 is 0 Å². The van der Waals surface area contributed by atoms with Gasteiger partial charge in [-0.3, -0.25) is 0 Å². The summed E-state index contributed by atoms with van der Waals surface area (Å²) < 4.78 is 19.7. The summed E-state index contributed by atoms with van der Waals surface area (Å²) in [7, 11) is 0. The average Bonchev–Trinajstić information content (AvgIpc) is 2.64. The fraction of sp³-hybridized carbons (Fsp3) is 0.273. The van der Waals surface area contributed by atoms with Crippen LogP contribution in [0.15, 0.2) is 24.3 Å². The van der Waals surface area contributed by atoms with E-state index in [2.05, 4.69) is 10.3 Å². The number of halogens is 2. The predicted octanol–water partition coefficient (Wildman–Crippen LogP) is 1.81. The number of benzene rings is 1. The van der Waals surface area contributed by atoms with Crippen molar-refractivity contribution in [2.24, 2.45) is 0 Å². The molecular weight excluding hydrogens is 259 g/mol. The first-order valence-electron chi connectivity index (χ1n) is 5.21. The molecule has 0 fully saturated rings. The van der Waals surface area contributed by atoms with Gasteiger partial charge < -0.3 is 10.5 Å². The molecular formula is C11H14ClFN4O. The highest BCUT2D eigenvalue weighted by Crippen LogP contribution is 2.11. The first kappa shape index (κ1) is 14.2. The van der Waals surface area contributed by atoms with Crippen molar-refractivity contribution in [2.75, 3.05) is 12.3 Å². The van der Waals surface area contributed by atoms with E-state index in [9.17, 15) is 4.39 Å². The van der Waals surface area contributed by atoms with Gasteiger partial charge in [-0.2, -0.15) is 0 Å². The van der Waals surface area contributed by atoms with E-state index in [-0.39, 0.29) is 18.2 Å². The smallest absolute Gasteiger partial charge is 0.168 e. The van der Waals surface area contributed by atoms with E-state index in [1.807, 2.05) is 6.92 Å². The van der Waals surface area contributed by atoms with Crippen molar-refractivity contribution in [3.8, 4) is 5.75 Å². The van der Waals surface area contributed by atoms with E-state index in [4.69, 9.17) is 10.5 Å². The van der Waals surface area contributed by atoms with Crippen LogP contribution in [0.5, 0.6) is 5.75 Å². The number of hydrogen-bond donors (Lipinski definition) is 1. The predicted molar refractivity (Wildman–Crippen MR) is 68.3 cm³/mol. The van der Waals surface area contributed by atoms with Gasteiger partial charge in [0.05, 0.1) is 12.2 Å². The monoisotopic (exact) mass is 272 g/mol. The topological polar surface area (TPSA) is 66.0 Å². The Morgan fingerprint density at radius 1 is 1.33 bits per heavy atom. The Bertz CT molecular complexity index is 500. The molecule has 0 saturated carbocycles. The Morgan fingerprint density at radius 2 is 2.00 bits per heavy atom. The third-order valence-corrected chi connectivity index (χ3v) is 2.40. The van der Waals surface area contributed by atoms with Crippen LogP contribution in [-0.4, -0.2) is 21.6 Å². The van der Waals surface area contributed by atoms with Crippen LogP contribution in [0.25, 0.3) is 0 Å². The molecule has 0 aliphatic heterocycles. The minimum Gasteiger partial charge on any atom is -0.492 e. The van der Waals surface area contributed by atoms with Crippen LogP contribution in [0.3, 0.4) is 0 Å². The second kappa shape index (κ2) is 6.20. The molecule has 5 nitrogen and oxygen atoms in total. The molecule has 0 aliphatic carbocycles. The second-order valence-electron chi connectivity index (χ2n) is 3.59. The van der Waals surface area contributed by atoms with E-state index >= 15 is 0 Å². The Labute approximate surface area is 110 Å². The van der Waals surface area contributed by atoms with Crippen LogP contribution in [0, 0.1) is 12.7 Å². The van der Waals surface area contributed by atoms with Gasteiger partial charge in [0, 0.05) is 0 Å². The minimum absolute atomic E-state index is 0. The maximum atomic E-state index is 12.6. The highest BCUT2D eigenvalue weighted by atomic mass is 35.5. The zero-order chi connectivity index (χ0) is 12.3. The van der Waals surface area contributed by atoms with Crippen molar-refractivity contribution < 1.29 is 9.13 Å². The summed E-state index contributed by atoms with van der Waals surface area (Å²) in [4.78, 5) is 0. The van der Waals surface area contributed by atoms with Gasteiger partial charge in [0.2, 0.25) is 0 Å². The van der Waals surface area contributed by atoms with Gasteiger partial charge in [-0.15, -0.1) is 17.5 Å². The molecule has 0 amide bonds. The molecule has 0 aliphatic rings. The molecule has 2 N–H and O–H groups in total. The summed E-state index contributed by atoms with van der Waals surface area (Å²) >= 11 is 0. The number of rotatable bonds is 4. The standard InChI is InChI=1S/C11H13FN4O.ClH/c1-8-11(13)14-15-16(8)6-7-17-10-4-2-9(12)3-5-10;/h2-5H,6-7,13H2,1H3;1H. The van der Waals surface area contributed by atoms with Crippen molar-refractivity contribution >= 4 is 18.2 Å². The van der Waals surface area contributed by atoms with E-state index < -0.39 is 0 Å². The lowest BCUT2D eigenvalue weighted by atomic mass is 10.3. The summed E-state index contributed by atoms with van der Waals surface area (Å²) in [6.07, 6.45) is 0. The van der Waals surface area contributed by atoms with Crippen molar-refractivity contribution in [3.63, 3.8) is 0 Å². The number of nitrogen functional groups attached to an aromatic ring is 1. The van der Waals surface area contributed by atoms with Gasteiger partial charge in [-0.25, -0.2) is 9.07 Å². The molecule has 1 aromatic carbocycles. The maximum Gasteiger partial charge on any atom is 0.168 e. The molecule has 2 rings (SSSR count). The van der Waals surface area contributed by atoms with E-state index in [1.54, 1.807) is 16.8 Å². The summed E-state index contributed by atoms with van der Waals surface area (Å²) in [5.41, 5.74) is 6.38. The molecule has 2 aromatic rings. The molecule has 0 spiro atoms. The molecule has 7 heteroatoms. The SMILES string of the molecule is Cc1c(N)nnn1CCOc1ccc(F)cc1.Cl. The highest BCUT2D eigenvalue weighted by Gasteiger charge is 2.04. The van der Waals surface area contributed by atoms with E-state index in [0.717, 1.165) is 5.69 Å². The number of nitrogens with zero attached hydrogens (tertiary/aromatic N) is 3. The Kier molecular flexibility index (Phi) is 4.91. The number of ether oxygens (including phenoxy) is 1. The maximum absolute atomic E-state index is 12.6. The Morgan fingerprint density at radius 3 is 2.56 bits per heavy atom. The number of aromatic nitrogens is 3. The van der Waals surface area contributed by atoms with Gasteiger partial charge in [0.25, 0.3) is 0 Å². The molecule has 1 heterocycles. The van der Waals surface area contributed by atoms with Gasteiger partial charge in [-0.05, 0) is 31.2 Å². The molecule has 0 radical (unpaired) electrons. The number of hydrogen-bond acceptors (Lipinski definition) is 4. The second-order valence-corrected chi connectivity index (χ2v) is 3.59. The Hall–Kier alpha value is -1.82. The Balaban J connectivity index is 0.00000162. The minimum atomic E-state index is -0.280. The highest BCUT2D eigenvalue weighted by molar-refractivity contribution is 5.85. The molecule has 0 saturated heterocycles. The summed E-state index contributed by atoms with van der Waals surface area (Å²) in [5, 5.41) is 7.60. The van der Waals surface area contributed by atoms with Crippen LogP contribution in [-0.2, 0) is 6.54 Å². The van der Waals surface area contributed by atoms with Crippen molar-refractivity contribution in [1.82, 2.24) is 15.0 Å². The molecule has 0 bridgehead atoms. The fourth-order valence-electron chi connectivity index (χ4n) is 1.37. The van der Waals surface area contributed by atoms with Gasteiger partial charge in [0.1, 0.15) is 18.2 Å². The fourth-order valence-corrected chi connectivity index (χ4v) is 1.37. The van der Waals surface area contributed by atoms with E-state index in [1.165, 1.54) is 12.1 Å². The molecule has 1 aromatic heterocycles. The third kappa shape index (κ3) is 3.33. The zero-order valence-electron chi connectivity index (χ0n) is 9.84. The first-order chi connectivity index (χ1) is 8.16. The summed E-state index contributed by atoms with van der Waals surface area (Å²) in [5.74, 6) is 0.765. The lowest BCUT2D eigenvalue weighted by molar-refractivity contribution is 0.288. The van der Waals surface area contributed by atoms with Crippen LogP contribution in [0.2, 0.25) is 0 Å². The first-order valence-corrected chi connectivity index (χ1v) is 5.21. The summed E-state index contributed by atoms with van der Waals surface area (Å²) in [6, 6.07) is 5.87. The van der Waals surface area contributed by atoms with Gasteiger partial charge in [0.15, 0.2) is 5.82 Å².